The molecule has 2 aliphatic rings. The van der Waals surface area contributed by atoms with Crippen molar-refractivity contribution in [3.05, 3.63) is 64.0 Å². The van der Waals surface area contributed by atoms with Gasteiger partial charge in [-0.05, 0) is 36.6 Å². The molecule has 1 aromatic carbocycles. The first kappa shape index (κ1) is 23.1. The van der Waals surface area contributed by atoms with Gasteiger partial charge in [-0.15, -0.1) is 0 Å². The lowest BCUT2D eigenvalue weighted by Crippen LogP contribution is -2.49. The minimum Gasteiger partial charge on any atom is -0.481 e. The van der Waals surface area contributed by atoms with E-state index in [4.69, 9.17) is 0 Å². The lowest BCUT2D eigenvalue weighted by molar-refractivity contribution is -0.384. The number of hydrogen-bond donors (Lipinski definition) is 2. The quantitative estimate of drug-likeness (QED) is 0.443. The summed E-state index contributed by atoms with van der Waals surface area (Å²) in [7, 11) is 0. The number of carboxylic acids is 1. The van der Waals surface area contributed by atoms with E-state index >= 15 is 0 Å². The maximum atomic E-state index is 12.9. The number of hydrogen-bond acceptors (Lipinski definition) is 7. The van der Waals surface area contributed by atoms with Gasteiger partial charge in [-0.1, -0.05) is 6.07 Å². The van der Waals surface area contributed by atoms with Gasteiger partial charge in [-0.25, -0.2) is 0 Å². The standard InChI is InChI=1S/C23H25N5O6/c29-21(30)13-18(17-2-1-7-24-14-17)25-22(31)16-5-6-19(20(12-16)28(33)34)26-8-10-27(11-9-26)23(32)15-3-4-15/h1-2,5-7,12,14-15,18H,3-4,8-11,13H2,(H,25,31)(H,29,30). The lowest BCUT2D eigenvalue weighted by Gasteiger charge is -2.36. The van der Waals surface area contributed by atoms with Crippen molar-refractivity contribution in [2.75, 3.05) is 31.1 Å². The molecule has 178 valence electrons. The van der Waals surface area contributed by atoms with Gasteiger partial charge in [0.25, 0.3) is 11.6 Å². The molecule has 0 bridgehead atoms. The molecule has 2 heterocycles. The van der Waals surface area contributed by atoms with Crippen LogP contribution < -0.4 is 10.2 Å². The molecule has 34 heavy (non-hydrogen) atoms. The predicted octanol–water partition coefficient (Wildman–Crippen LogP) is 1.99. The summed E-state index contributed by atoms with van der Waals surface area (Å²) in [5.41, 5.74) is 0.737. The summed E-state index contributed by atoms with van der Waals surface area (Å²) in [4.78, 5) is 55.3. The predicted molar refractivity (Wildman–Crippen MR) is 121 cm³/mol. The molecule has 4 rings (SSSR count). The van der Waals surface area contributed by atoms with Crippen LogP contribution in [0.2, 0.25) is 0 Å². The van der Waals surface area contributed by atoms with E-state index in [1.165, 1.54) is 30.6 Å². The Morgan fingerprint density at radius 2 is 1.91 bits per heavy atom. The number of nitro groups is 1. The van der Waals surface area contributed by atoms with Gasteiger partial charge in [0.05, 0.1) is 17.4 Å². The van der Waals surface area contributed by atoms with Crippen LogP contribution in [0.1, 0.15) is 41.2 Å². The van der Waals surface area contributed by atoms with Gasteiger partial charge in [0, 0.05) is 56.1 Å². The van der Waals surface area contributed by atoms with Gasteiger partial charge in [0.2, 0.25) is 5.91 Å². The van der Waals surface area contributed by atoms with Crippen LogP contribution in [-0.2, 0) is 9.59 Å². The summed E-state index contributed by atoms with van der Waals surface area (Å²) in [6.07, 6.45) is 4.51. The Morgan fingerprint density at radius 3 is 2.50 bits per heavy atom. The van der Waals surface area contributed by atoms with Crippen LogP contribution in [-0.4, -0.2) is 63.9 Å². The Morgan fingerprint density at radius 1 is 1.18 bits per heavy atom. The normalized spacial score (nSPS) is 16.6. The molecule has 1 saturated heterocycles. The topological polar surface area (TPSA) is 146 Å². The van der Waals surface area contributed by atoms with Crippen LogP contribution >= 0.6 is 0 Å². The minimum absolute atomic E-state index is 0.0530. The minimum atomic E-state index is -1.10. The number of pyridine rings is 1. The first-order valence-corrected chi connectivity index (χ1v) is 11.1. The highest BCUT2D eigenvalue weighted by Gasteiger charge is 2.35. The first-order chi connectivity index (χ1) is 16.3. The average Bonchev–Trinajstić information content (AvgIpc) is 3.69. The van der Waals surface area contributed by atoms with E-state index in [9.17, 15) is 29.6 Å². The Bertz CT molecular complexity index is 1100. The van der Waals surface area contributed by atoms with E-state index in [-0.39, 0.29) is 29.5 Å². The first-order valence-electron chi connectivity index (χ1n) is 11.1. The third-order valence-electron chi connectivity index (χ3n) is 6.06. The molecule has 2 N–H and O–H groups in total. The van der Waals surface area contributed by atoms with Gasteiger partial charge in [0.15, 0.2) is 0 Å². The molecule has 2 amide bonds. The monoisotopic (exact) mass is 467 g/mol. The molecule has 1 aliphatic heterocycles. The van der Waals surface area contributed by atoms with Crippen molar-refractivity contribution in [1.82, 2.24) is 15.2 Å². The summed E-state index contributed by atoms with van der Waals surface area (Å²) in [5.74, 6) is -1.43. The van der Waals surface area contributed by atoms with Crippen molar-refractivity contribution in [3.63, 3.8) is 0 Å². The van der Waals surface area contributed by atoms with Crippen LogP contribution in [0.5, 0.6) is 0 Å². The highest BCUT2D eigenvalue weighted by Crippen LogP contribution is 2.33. The highest BCUT2D eigenvalue weighted by molar-refractivity contribution is 5.96. The molecule has 11 heteroatoms. The zero-order chi connectivity index (χ0) is 24.2. The van der Waals surface area contributed by atoms with Gasteiger partial charge in [-0.3, -0.25) is 29.5 Å². The lowest BCUT2D eigenvalue weighted by atomic mass is 10.0. The van der Waals surface area contributed by atoms with Gasteiger partial charge < -0.3 is 20.2 Å². The second kappa shape index (κ2) is 9.86. The summed E-state index contributed by atoms with van der Waals surface area (Å²) < 4.78 is 0. The van der Waals surface area contributed by atoms with E-state index in [1.807, 2.05) is 9.80 Å². The van der Waals surface area contributed by atoms with Crippen molar-refractivity contribution in [2.24, 2.45) is 5.92 Å². The largest absolute Gasteiger partial charge is 0.481 e. The summed E-state index contributed by atoms with van der Waals surface area (Å²) in [5, 5.41) is 23.7. The van der Waals surface area contributed by atoms with Gasteiger partial charge in [-0.2, -0.15) is 0 Å². The molecule has 1 aromatic heterocycles. The van der Waals surface area contributed by atoms with E-state index in [1.54, 1.807) is 12.1 Å². The number of nitrogens with one attached hydrogen (secondary N) is 1. The maximum absolute atomic E-state index is 12.9. The van der Waals surface area contributed by atoms with Crippen molar-refractivity contribution in [1.29, 1.82) is 0 Å². The Hall–Kier alpha value is -4.02. The fourth-order valence-corrected chi connectivity index (χ4v) is 4.09. The molecule has 11 nitrogen and oxygen atoms in total. The third-order valence-corrected chi connectivity index (χ3v) is 6.06. The molecule has 1 aliphatic carbocycles. The second-order valence-electron chi connectivity index (χ2n) is 8.46. The van der Waals surface area contributed by atoms with E-state index in [0.29, 0.717) is 37.4 Å². The number of rotatable bonds is 8. The number of carbonyl (C=O) groups excluding carboxylic acids is 2. The molecule has 1 unspecified atom stereocenters. The van der Waals surface area contributed by atoms with E-state index in [2.05, 4.69) is 10.3 Å². The fourth-order valence-electron chi connectivity index (χ4n) is 4.09. The molecular formula is C23H25N5O6. The Balaban J connectivity index is 1.49. The number of nitrogens with zero attached hydrogens (tertiary/aromatic N) is 4. The third kappa shape index (κ3) is 5.30. The number of nitro benzene ring substituents is 1. The summed E-state index contributed by atoms with van der Waals surface area (Å²) >= 11 is 0. The smallest absolute Gasteiger partial charge is 0.305 e. The molecule has 0 radical (unpaired) electrons. The van der Waals surface area contributed by atoms with Crippen molar-refractivity contribution < 1.29 is 24.4 Å². The van der Waals surface area contributed by atoms with Crippen LogP contribution in [0.3, 0.4) is 0 Å². The fraction of sp³-hybridized carbons (Fsp3) is 0.391. The zero-order valence-corrected chi connectivity index (χ0v) is 18.4. The zero-order valence-electron chi connectivity index (χ0n) is 18.4. The van der Waals surface area contributed by atoms with Crippen molar-refractivity contribution >= 4 is 29.2 Å². The van der Waals surface area contributed by atoms with Crippen LogP contribution in [0.4, 0.5) is 11.4 Å². The van der Waals surface area contributed by atoms with Gasteiger partial charge in [0.1, 0.15) is 5.69 Å². The Labute approximate surface area is 195 Å². The summed E-state index contributed by atoms with van der Waals surface area (Å²) in [6, 6.07) is 6.67. The maximum Gasteiger partial charge on any atom is 0.305 e. The van der Waals surface area contributed by atoms with Crippen molar-refractivity contribution in [2.45, 2.75) is 25.3 Å². The van der Waals surface area contributed by atoms with E-state index in [0.717, 1.165) is 12.8 Å². The molecule has 2 aromatic rings. The van der Waals surface area contributed by atoms with Crippen LogP contribution in [0.25, 0.3) is 0 Å². The highest BCUT2D eigenvalue weighted by atomic mass is 16.6. The van der Waals surface area contributed by atoms with Crippen LogP contribution in [0.15, 0.2) is 42.7 Å². The number of anilines is 1. The summed E-state index contributed by atoms with van der Waals surface area (Å²) in [6.45, 7) is 1.92. The number of carbonyl (C=O) groups is 3. The van der Waals surface area contributed by atoms with Gasteiger partial charge >= 0.3 is 5.97 Å². The van der Waals surface area contributed by atoms with E-state index < -0.39 is 22.8 Å². The number of piperazine rings is 1. The molecule has 2 fully saturated rings. The average molecular weight is 467 g/mol. The Kier molecular flexibility index (Phi) is 6.71. The number of carboxylic acid groups (broad SMARTS) is 1. The number of aromatic nitrogens is 1. The molecule has 1 atom stereocenters. The van der Waals surface area contributed by atoms with Crippen molar-refractivity contribution in [3.8, 4) is 0 Å². The SMILES string of the molecule is O=C(O)CC(NC(=O)c1ccc(N2CCN(C(=O)C3CC3)CC2)c([N+](=O)[O-])c1)c1cccnc1. The number of aliphatic carboxylic acids is 1. The molecular weight excluding hydrogens is 442 g/mol. The second-order valence-corrected chi connectivity index (χ2v) is 8.46. The number of benzene rings is 1. The molecule has 1 saturated carbocycles. The van der Waals surface area contributed by atoms with Crippen LogP contribution in [0, 0.1) is 16.0 Å². The number of amides is 2. The molecule has 0 spiro atoms.